The molecule has 82 valence electrons. The van der Waals surface area contributed by atoms with E-state index in [0.29, 0.717) is 6.61 Å². The predicted octanol–water partition coefficient (Wildman–Crippen LogP) is 2.81. The van der Waals surface area contributed by atoms with Gasteiger partial charge in [-0.15, -0.1) is 0 Å². The summed E-state index contributed by atoms with van der Waals surface area (Å²) in [5, 5.41) is 0. The van der Waals surface area contributed by atoms with E-state index in [1.807, 2.05) is 26.8 Å². The fourth-order valence-electron chi connectivity index (χ4n) is 1.31. The van der Waals surface area contributed by atoms with Crippen molar-refractivity contribution in [2.45, 2.75) is 26.9 Å². The lowest BCUT2D eigenvalue weighted by molar-refractivity contribution is 0.148. The molecule has 1 rings (SSSR count). The lowest BCUT2D eigenvalue weighted by atomic mass is 10.1. The minimum Gasteiger partial charge on any atom is -0.491 e. The molecule has 3 nitrogen and oxygen atoms in total. The van der Waals surface area contributed by atoms with Crippen LogP contribution < -0.4 is 0 Å². The Labute approximate surface area is 90.8 Å². The first-order chi connectivity index (χ1) is 7.19. The molecule has 0 aromatic heterocycles. The summed E-state index contributed by atoms with van der Waals surface area (Å²) in [6.45, 7) is 10.1. The van der Waals surface area contributed by atoms with Crippen LogP contribution in [0.5, 0.6) is 0 Å². The molecule has 0 N–H and O–H groups in total. The van der Waals surface area contributed by atoms with Crippen molar-refractivity contribution in [2.24, 2.45) is 4.99 Å². The van der Waals surface area contributed by atoms with Crippen LogP contribution in [0.3, 0.4) is 0 Å². The van der Waals surface area contributed by atoms with Crippen molar-refractivity contribution < 1.29 is 9.47 Å². The summed E-state index contributed by atoms with van der Waals surface area (Å²) in [6, 6.07) is 0. The molecule has 0 bridgehead atoms. The summed E-state index contributed by atoms with van der Waals surface area (Å²) in [5.74, 6) is 0.816. The van der Waals surface area contributed by atoms with Crippen molar-refractivity contribution in [2.75, 3.05) is 6.61 Å². The lowest BCUT2D eigenvalue weighted by Crippen LogP contribution is -2.12. The van der Waals surface area contributed by atoms with Gasteiger partial charge in [0.15, 0.2) is 6.40 Å². The van der Waals surface area contributed by atoms with Crippen LogP contribution >= 0.6 is 0 Å². The number of aliphatic imine (C=N–C) groups is 1. The Morgan fingerprint density at radius 3 is 2.93 bits per heavy atom. The van der Waals surface area contributed by atoms with E-state index in [1.54, 1.807) is 6.08 Å². The smallest absolute Gasteiger partial charge is 0.175 e. The number of hydrogen-bond acceptors (Lipinski definition) is 3. The van der Waals surface area contributed by atoms with Gasteiger partial charge in [0.25, 0.3) is 0 Å². The molecule has 0 amide bonds. The largest absolute Gasteiger partial charge is 0.491 e. The van der Waals surface area contributed by atoms with E-state index >= 15 is 0 Å². The minimum atomic E-state index is 0.140. The molecule has 0 aromatic carbocycles. The Balaban J connectivity index is 2.96. The lowest BCUT2D eigenvalue weighted by Gasteiger charge is -2.19. The molecule has 0 saturated carbocycles. The Morgan fingerprint density at radius 1 is 1.67 bits per heavy atom. The highest BCUT2D eigenvalue weighted by atomic mass is 16.5. The van der Waals surface area contributed by atoms with E-state index < -0.39 is 0 Å². The van der Waals surface area contributed by atoms with Crippen LogP contribution in [0.1, 0.15) is 20.8 Å². The van der Waals surface area contributed by atoms with Crippen molar-refractivity contribution in [3.63, 3.8) is 0 Å². The summed E-state index contributed by atoms with van der Waals surface area (Å²) in [7, 11) is 0. The number of rotatable bonds is 4. The van der Waals surface area contributed by atoms with Gasteiger partial charge in [-0.1, -0.05) is 6.58 Å². The van der Waals surface area contributed by atoms with E-state index in [4.69, 9.17) is 9.47 Å². The molecule has 0 fully saturated rings. The molecule has 0 aromatic rings. The van der Waals surface area contributed by atoms with Crippen LogP contribution in [0.25, 0.3) is 0 Å². The first-order valence-electron chi connectivity index (χ1n) is 5.02. The van der Waals surface area contributed by atoms with E-state index in [1.165, 1.54) is 6.40 Å². The third-order valence-electron chi connectivity index (χ3n) is 1.92. The van der Waals surface area contributed by atoms with Gasteiger partial charge in [-0.2, -0.15) is 0 Å². The highest BCUT2D eigenvalue weighted by Crippen LogP contribution is 2.22. The van der Waals surface area contributed by atoms with Gasteiger partial charge < -0.3 is 9.47 Å². The van der Waals surface area contributed by atoms with Crippen molar-refractivity contribution in [3.8, 4) is 0 Å². The zero-order valence-electron chi connectivity index (χ0n) is 9.49. The zero-order chi connectivity index (χ0) is 11.3. The average molecular weight is 207 g/mol. The third kappa shape index (κ3) is 2.98. The zero-order valence-corrected chi connectivity index (χ0v) is 9.49. The van der Waals surface area contributed by atoms with Crippen LogP contribution in [-0.4, -0.2) is 19.1 Å². The summed E-state index contributed by atoms with van der Waals surface area (Å²) in [5.41, 5.74) is 1.76. The van der Waals surface area contributed by atoms with Crippen LogP contribution in [0.15, 0.2) is 40.8 Å². The van der Waals surface area contributed by atoms with Crippen LogP contribution in [0.2, 0.25) is 0 Å². The summed E-state index contributed by atoms with van der Waals surface area (Å²) in [6.07, 6.45) is 5.20. The molecule has 0 spiro atoms. The van der Waals surface area contributed by atoms with Gasteiger partial charge in [0.1, 0.15) is 12.4 Å². The van der Waals surface area contributed by atoms with Crippen molar-refractivity contribution in [1.29, 1.82) is 0 Å². The van der Waals surface area contributed by atoms with Gasteiger partial charge in [0.05, 0.1) is 17.4 Å². The van der Waals surface area contributed by atoms with Crippen LogP contribution in [0, 0.1) is 0 Å². The third-order valence-corrected chi connectivity index (χ3v) is 1.92. The van der Waals surface area contributed by atoms with Crippen molar-refractivity contribution >= 4 is 6.40 Å². The number of ether oxygens (including phenoxy) is 2. The minimum absolute atomic E-state index is 0.140. The van der Waals surface area contributed by atoms with Gasteiger partial charge in [0.2, 0.25) is 0 Å². The highest BCUT2D eigenvalue weighted by molar-refractivity contribution is 5.55. The van der Waals surface area contributed by atoms with E-state index in [2.05, 4.69) is 11.6 Å². The standard InChI is InChI=1S/C12H17NO2/c1-5-11-10(7-14-8-13-11)12(6-2)15-9(3)4/h5-6,8-9H,1,7H2,2-4H3/b12-6+. The molecule has 0 unspecified atom stereocenters. The van der Waals surface area contributed by atoms with Gasteiger partial charge in [-0.25, -0.2) is 4.99 Å². The fourth-order valence-corrected chi connectivity index (χ4v) is 1.31. The number of allylic oxidation sites excluding steroid dienone is 2. The molecular formula is C12H17NO2. The van der Waals surface area contributed by atoms with E-state index in [0.717, 1.165) is 17.0 Å². The molecule has 1 aliphatic rings. The fraction of sp³-hybridized carbons (Fsp3) is 0.417. The number of nitrogens with zero attached hydrogens (tertiary/aromatic N) is 1. The van der Waals surface area contributed by atoms with E-state index in [-0.39, 0.29) is 6.10 Å². The summed E-state index contributed by atoms with van der Waals surface area (Å²) >= 11 is 0. The molecule has 0 saturated heterocycles. The van der Waals surface area contributed by atoms with Gasteiger partial charge in [-0.3, -0.25) is 0 Å². The van der Waals surface area contributed by atoms with Gasteiger partial charge in [0, 0.05) is 0 Å². The quantitative estimate of drug-likeness (QED) is 0.664. The Kier molecular flexibility index (Phi) is 4.16. The molecular weight excluding hydrogens is 190 g/mol. The normalized spacial score (nSPS) is 16.7. The maximum Gasteiger partial charge on any atom is 0.175 e. The molecule has 3 heteroatoms. The first kappa shape index (κ1) is 11.6. The van der Waals surface area contributed by atoms with Gasteiger partial charge in [-0.05, 0) is 32.9 Å². The highest BCUT2D eigenvalue weighted by Gasteiger charge is 2.14. The topological polar surface area (TPSA) is 30.8 Å². The SMILES string of the molecule is C=CC1=C(/C(=C\C)OC(C)C)COC=N1. The maximum absolute atomic E-state index is 5.67. The van der Waals surface area contributed by atoms with Crippen molar-refractivity contribution in [1.82, 2.24) is 0 Å². The monoisotopic (exact) mass is 207 g/mol. The second kappa shape index (κ2) is 5.39. The second-order valence-electron chi connectivity index (χ2n) is 3.43. The van der Waals surface area contributed by atoms with Crippen LogP contribution in [0.4, 0.5) is 0 Å². The average Bonchev–Trinajstić information content (AvgIpc) is 2.25. The van der Waals surface area contributed by atoms with Crippen molar-refractivity contribution in [3.05, 3.63) is 35.8 Å². The Hall–Kier alpha value is -1.51. The molecule has 1 aliphatic heterocycles. The second-order valence-corrected chi connectivity index (χ2v) is 3.43. The Bertz CT molecular complexity index is 325. The summed E-state index contributed by atoms with van der Waals surface area (Å²) < 4.78 is 10.8. The number of hydrogen-bond donors (Lipinski definition) is 0. The predicted molar refractivity (Wildman–Crippen MR) is 61.6 cm³/mol. The first-order valence-corrected chi connectivity index (χ1v) is 5.02. The van der Waals surface area contributed by atoms with E-state index in [9.17, 15) is 0 Å². The molecule has 0 aliphatic carbocycles. The Morgan fingerprint density at radius 2 is 2.40 bits per heavy atom. The van der Waals surface area contributed by atoms with Crippen LogP contribution in [-0.2, 0) is 9.47 Å². The molecule has 1 heterocycles. The molecule has 0 radical (unpaired) electrons. The molecule has 0 atom stereocenters. The summed E-state index contributed by atoms with van der Waals surface area (Å²) in [4.78, 5) is 4.10. The maximum atomic E-state index is 5.67. The molecule has 15 heavy (non-hydrogen) atoms. The van der Waals surface area contributed by atoms with Gasteiger partial charge >= 0.3 is 0 Å².